The Morgan fingerprint density at radius 3 is 2.52 bits per heavy atom. The van der Waals surface area contributed by atoms with Crippen molar-refractivity contribution >= 4 is 0 Å². The summed E-state index contributed by atoms with van der Waals surface area (Å²) >= 11 is 0. The molecule has 134 valence electrons. The molecule has 1 aliphatic carbocycles. The maximum atomic E-state index is 14.2. The minimum Gasteiger partial charge on any atom is -0.396 e. The molecule has 3 atom stereocenters. The van der Waals surface area contributed by atoms with Crippen LogP contribution in [0.2, 0.25) is 0 Å². The van der Waals surface area contributed by atoms with Crippen molar-refractivity contribution in [3.05, 3.63) is 71.0 Å². The molecular weight excluding hydrogens is 331 g/mol. The van der Waals surface area contributed by atoms with E-state index in [4.69, 9.17) is 10.5 Å². The van der Waals surface area contributed by atoms with Crippen LogP contribution in [0.5, 0.6) is 0 Å². The predicted octanol–water partition coefficient (Wildman–Crippen LogP) is 3.25. The van der Waals surface area contributed by atoms with Gasteiger partial charge in [-0.05, 0) is 36.6 Å². The van der Waals surface area contributed by atoms with Crippen LogP contribution in [0, 0.1) is 23.4 Å². The Morgan fingerprint density at radius 1 is 1.08 bits per heavy atom. The van der Waals surface area contributed by atoms with Gasteiger partial charge in [-0.15, -0.1) is 0 Å². The monoisotopic (exact) mass is 351 g/mol. The number of rotatable bonds is 5. The quantitative estimate of drug-likeness (QED) is 0.869. The van der Waals surface area contributed by atoms with Crippen molar-refractivity contribution in [1.82, 2.24) is 0 Å². The van der Waals surface area contributed by atoms with Crippen molar-refractivity contribution in [2.24, 2.45) is 11.7 Å². The van der Waals surface area contributed by atoms with E-state index in [0.717, 1.165) is 12.1 Å². The Balaban J connectivity index is 1.73. The fourth-order valence-corrected chi connectivity index (χ4v) is 3.53. The molecule has 3 N–H and O–H groups in total. The van der Waals surface area contributed by atoms with E-state index in [1.54, 1.807) is 18.2 Å². The van der Waals surface area contributed by atoms with Crippen LogP contribution in [0.4, 0.5) is 13.2 Å². The molecule has 0 heterocycles. The highest BCUT2D eigenvalue weighted by Crippen LogP contribution is 2.43. The van der Waals surface area contributed by atoms with Crippen LogP contribution in [0.25, 0.3) is 0 Å². The molecule has 0 aliphatic heterocycles. The molecule has 6 heteroatoms. The zero-order chi connectivity index (χ0) is 18.0. The van der Waals surface area contributed by atoms with Gasteiger partial charge >= 0.3 is 0 Å². The lowest BCUT2D eigenvalue weighted by atomic mass is 9.81. The Bertz CT molecular complexity index is 755. The van der Waals surface area contributed by atoms with E-state index in [-0.39, 0.29) is 25.2 Å². The van der Waals surface area contributed by atoms with Gasteiger partial charge < -0.3 is 15.6 Å². The normalized spacial score (nSPS) is 26.1. The average molecular weight is 351 g/mol. The first-order chi connectivity index (χ1) is 11.9. The molecule has 1 aliphatic rings. The number of nitrogens with two attached hydrogens (primary N) is 1. The van der Waals surface area contributed by atoms with E-state index >= 15 is 0 Å². The fourth-order valence-electron chi connectivity index (χ4n) is 3.53. The van der Waals surface area contributed by atoms with Crippen molar-refractivity contribution in [2.75, 3.05) is 6.61 Å². The molecule has 2 aromatic rings. The van der Waals surface area contributed by atoms with Crippen LogP contribution in [0.3, 0.4) is 0 Å². The third kappa shape index (κ3) is 3.56. The highest BCUT2D eigenvalue weighted by Gasteiger charge is 2.47. The van der Waals surface area contributed by atoms with Crippen LogP contribution in [-0.2, 0) is 16.9 Å². The fraction of sp³-hybridized carbons (Fsp3) is 0.368. The lowest BCUT2D eigenvalue weighted by Crippen LogP contribution is -2.43. The lowest BCUT2D eigenvalue weighted by molar-refractivity contribution is 0.0390. The summed E-state index contributed by atoms with van der Waals surface area (Å²) in [7, 11) is 0. The van der Waals surface area contributed by atoms with E-state index in [2.05, 4.69) is 0 Å². The van der Waals surface area contributed by atoms with E-state index in [9.17, 15) is 18.3 Å². The predicted molar refractivity (Wildman–Crippen MR) is 87.0 cm³/mol. The Kier molecular flexibility index (Phi) is 5.13. The SMILES string of the molecule is N[C@@]1(c2ccccc2F)C[C@@H](OCc2ccc(F)c(F)c2)C[C@H]1CO. The summed E-state index contributed by atoms with van der Waals surface area (Å²) in [6, 6.07) is 9.83. The van der Waals surface area contributed by atoms with Gasteiger partial charge in [0.2, 0.25) is 0 Å². The van der Waals surface area contributed by atoms with Gasteiger partial charge in [0.15, 0.2) is 11.6 Å². The van der Waals surface area contributed by atoms with E-state index in [1.807, 2.05) is 0 Å². The first-order valence-corrected chi connectivity index (χ1v) is 8.14. The van der Waals surface area contributed by atoms with Gasteiger partial charge in [0.1, 0.15) is 5.82 Å². The zero-order valence-corrected chi connectivity index (χ0v) is 13.6. The maximum absolute atomic E-state index is 14.2. The Hall–Kier alpha value is -1.89. The van der Waals surface area contributed by atoms with Gasteiger partial charge in [0.25, 0.3) is 0 Å². The van der Waals surface area contributed by atoms with Gasteiger partial charge in [0, 0.05) is 18.1 Å². The van der Waals surface area contributed by atoms with Gasteiger partial charge in [-0.3, -0.25) is 0 Å². The molecule has 0 radical (unpaired) electrons. The number of hydrogen-bond acceptors (Lipinski definition) is 3. The third-order valence-corrected chi connectivity index (χ3v) is 4.91. The molecule has 0 unspecified atom stereocenters. The first kappa shape index (κ1) is 17.9. The van der Waals surface area contributed by atoms with Crippen molar-refractivity contribution < 1.29 is 23.0 Å². The zero-order valence-electron chi connectivity index (χ0n) is 13.6. The Labute approximate surface area is 144 Å². The highest BCUT2D eigenvalue weighted by molar-refractivity contribution is 5.29. The number of ether oxygens (including phenoxy) is 1. The second-order valence-electron chi connectivity index (χ2n) is 6.52. The summed E-state index contributed by atoms with van der Waals surface area (Å²) in [5, 5.41) is 9.67. The van der Waals surface area contributed by atoms with Crippen molar-refractivity contribution in [2.45, 2.75) is 31.1 Å². The topological polar surface area (TPSA) is 55.5 Å². The van der Waals surface area contributed by atoms with Crippen molar-refractivity contribution in [1.29, 1.82) is 0 Å². The summed E-state index contributed by atoms with van der Waals surface area (Å²) in [6.07, 6.45) is 0.489. The Morgan fingerprint density at radius 2 is 1.84 bits per heavy atom. The van der Waals surface area contributed by atoms with Crippen molar-refractivity contribution in [3.63, 3.8) is 0 Å². The molecule has 1 fully saturated rings. The molecule has 3 nitrogen and oxygen atoms in total. The second-order valence-corrected chi connectivity index (χ2v) is 6.52. The molecule has 0 amide bonds. The molecule has 0 saturated heterocycles. The number of aliphatic hydroxyl groups is 1. The van der Waals surface area contributed by atoms with Crippen LogP contribution in [0.15, 0.2) is 42.5 Å². The van der Waals surface area contributed by atoms with E-state index in [0.29, 0.717) is 24.0 Å². The first-order valence-electron chi connectivity index (χ1n) is 8.14. The van der Waals surface area contributed by atoms with Gasteiger partial charge in [-0.25, -0.2) is 13.2 Å². The summed E-state index contributed by atoms with van der Waals surface area (Å²) in [5.41, 5.74) is 6.28. The minimum atomic E-state index is -1.03. The largest absolute Gasteiger partial charge is 0.396 e. The summed E-state index contributed by atoms with van der Waals surface area (Å²) in [6.45, 7) is -0.0940. The molecule has 25 heavy (non-hydrogen) atoms. The van der Waals surface area contributed by atoms with Crippen LogP contribution >= 0.6 is 0 Å². The number of halogens is 3. The van der Waals surface area contributed by atoms with Gasteiger partial charge in [-0.1, -0.05) is 24.3 Å². The van der Waals surface area contributed by atoms with Crippen LogP contribution < -0.4 is 5.73 Å². The molecule has 3 rings (SSSR count). The van der Waals surface area contributed by atoms with Gasteiger partial charge in [-0.2, -0.15) is 0 Å². The highest BCUT2D eigenvalue weighted by atomic mass is 19.2. The smallest absolute Gasteiger partial charge is 0.159 e. The maximum Gasteiger partial charge on any atom is 0.159 e. The van der Waals surface area contributed by atoms with E-state index in [1.165, 1.54) is 12.1 Å². The number of hydrogen-bond donors (Lipinski definition) is 2. The van der Waals surface area contributed by atoms with E-state index < -0.39 is 23.0 Å². The standard InChI is InChI=1S/C19H20F3NO2/c20-16-4-2-1-3-15(16)19(23)9-14(8-13(19)10-24)25-11-12-5-6-17(21)18(22)7-12/h1-7,13-14,24H,8-11,23H2/t13-,14-,19-/m0/s1. The summed E-state index contributed by atoms with van der Waals surface area (Å²) < 4.78 is 46.2. The second kappa shape index (κ2) is 7.15. The molecule has 0 spiro atoms. The number of benzene rings is 2. The summed E-state index contributed by atoms with van der Waals surface area (Å²) in [4.78, 5) is 0. The molecule has 2 aromatic carbocycles. The molecule has 1 saturated carbocycles. The minimum absolute atomic E-state index is 0.0906. The third-order valence-electron chi connectivity index (χ3n) is 4.91. The van der Waals surface area contributed by atoms with Crippen molar-refractivity contribution in [3.8, 4) is 0 Å². The van der Waals surface area contributed by atoms with Crippen LogP contribution in [0.1, 0.15) is 24.0 Å². The lowest BCUT2D eigenvalue weighted by Gasteiger charge is -2.31. The van der Waals surface area contributed by atoms with Gasteiger partial charge in [0.05, 0.1) is 18.2 Å². The van der Waals surface area contributed by atoms with Crippen LogP contribution in [-0.4, -0.2) is 17.8 Å². The average Bonchev–Trinajstić information content (AvgIpc) is 2.93. The number of aliphatic hydroxyl groups excluding tert-OH is 1. The molecular formula is C19H20F3NO2. The molecule has 0 bridgehead atoms. The summed E-state index contributed by atoms with van der Waals surface area (Å²) in [5.74, 6) is -2.60. The molecule has 0 aromatic heterocycles.